The third kappa shape index (κ3) is 4.71. The van der Waals surface area contributed by atoms with Crippen LogP contribution in [0, 0.1) is 25.2 Å². The molecular formula is C28H22ClN5O4S. The van der Waals surface area contributed by atoms with Crippen LogP contribution < -0.4 is 10.3 Å². The molecule has 0 radical (unpaired) electrons. The summed E-state index contributed by atoms with van der Waals surface area (Å²) in [5, 5.41) is 21.5. The van der Waals surface area contributed by atoms with E-state index in [4.69, 9.17) is 16.3 Å². The van der Waals surface area contributed by atoms with Crippen molar-refractivity contribution in [2.75, 3.05) is 6.61 Å². The first kappa shape index (κ1) is 26.3. The Kier molecular flexibility index (Phi) is 7.04. The van der Waals surface area contributed by atoms with E-state index in [-0.39, 0.29) is 35.2 Å². The Morgan fingerprint density at radius 2 is 2.00 bits per heavy atom. The molecule has 0 fully saturated rings. The van der Waals surface area contributed by atoms with Crippen molar-refractivity contribution in [2.45, 2.75) is 33.7 Å². The molecule has 0 saturated carbocycles. The predicted molar refractivity (Wildman–Crippen MR) is 150 cm³/mol. The molecule has 4 heterocycles. The maximum absolute atomic E-state index is 13.4. The minimum Gasteiger partial charge on any atom is -0.491 e. The Labute approximate surface area is 231 Å². The van der Waals surface area contributed by atoms with Gasteiger partial charge in [0.25, 0.3) is 5.56 Å². The van der Waals surface area contributed by atoms with Gasteiger partial charge in [-0.1, -0.05) is 18.5 Å². The lowest BCUT2D eigenvalue weighted by molar-refractivity contribution is 0.0699. The van der Waals surface area contributed by atoms with Crippen molar-refractivity contribution in [1.82, 2.24) is 19.5 Å². The summed E-state index contributed by atoms with van der Waals surface area (Å²) >= 11 is 7.64. The zero-order valence-corrected chi connectivity index (χ0v) is 22.9. The first-order chi connectivity index (χ1) is 18.7. The van der Waals surface area contributed by atoms with Gasteiger partial charge in [0, 0.05) is 33.4 Å². The number of aromatic carboxylic acids is 1. The minimum atomic E-state index is -1.04. The number of hydrogen-bond donors (Lipinski definition) is 1. The van der Waals surface area contributed by atoms with Crippen molar-refractivity contribution < 1.29 is 14.6 Å². The predicted octanol–water partition coefficient (Wildman–Crippen LogP) is 5.55. The van der Waals surface area contributed by atoms with E-state index in [1.165, 1.54) is 22.1 Å². The van der Waals surface area contributed by atoms with Gasteiger partial charge >= 0.3 is 5.97 Å². The normalized spacial score (nSPS) is 11.2. The largest absolute Gasteiger partial charge is 0.491 e. The Balaban J connectivity index is 1.52. The van der Waals surface area contributed by atoms with Crippen molar-refractivity contribution in [3.63, 3.8) is 0 Å². The number of aryl methyl sites for hydroxylation is 3. The molecule has 196 valence electrons. The zero-order valence-electron chi connectivity index (χ0n) is 21.3. The van der Waals surface area contributed by atoms with Gasteiger partial charge in [-0.3, -0.25) is 19.3 Å². The standard InChI is InChI=1S/C28H22ClN5O4S/c1-4-21-25-23(16(11-30)12-31-21)27(35)34(15(3)33-25)7-8-38-22-6-5-17(29)10-18(22)19-9-14(2)32-24-20(28(36)37)13-39-26(19)24/h5-6,9-10,12-13H,4,7-8H2,1-3H3,(H,36,37). The summed E-state index contributed by atoms with van der Waals surface area (Å²) in [6.45, 7) is 5.78. The van der Waals surface area contributed by atoms with Gasteiger partial charge in [-0.2, -0.15) is 5.26 Å². The van der Waals surface area contributed by atoms with E-state index in [9.17, 15) is 20.0 Å². The highest BCUT2D eigenvalue weighted by Gasteiger charge is 2.20. The number of rotatable bonds is 7. The number of carboxylic acid groups (broad SMARTS) is 1. The number of nitrogens with zero attached hydrogens (tertiary/aromatic N) is 5. The van der Waals surface area contributed by atoms with Gasteiger partial charge in [-0.05, 0) is 44.5 Å². The third-order valence-electron chi connectivity index (χ3n) is 6.39. The Morgan fingerprint density at radius 3 is 2.72 bits per heavy atom. The number of nitriles is 1. The van der Waals surface area contributed by atoms with Crippen LogP contribution in [-0.4, -0.2) is 37.2 Å². The van der Waals surface area contributed by atoms with Gasteiger partial charge in [0.15, 0.2) is 0 Å². The van der Waals surface area contributed by atoms with Gasteiger partial charge in [0.2, 0.25) is 0 Å². The minimum absolute atomic E-state index is 0.133. The van der Waals surface area contributed by atoms with Crippen molar-refractivity contribution >= 4 is 50.0 Å². The number of carbonyl (C=O) groups is 1. The third-order valence-corrected chi connectivity index (χ3v) is 7.63. The molecule has 0 aliphatic carbocycles. The fourth-order valence-electron chi connectivity index (χ4n) is 4.56. The van der Waals surface area contributed by atoms with Crippen LogP contribution in [0.5, 0.6) is 5.75 Å². The average Bonchev–Trinajstić information content (AvgIpc) is 3.34. The molecule has 5 rings (SSSR count). The molecule has 39 heavy (non-hydrogen) atoms. The molecule has 1 aromatic carbocycles. The number of aromatic nitrogens is 4. The Bertz CT molecular complexity index is 1890. The molecular weight excluding hydrogens is 538 g/mol. The molecule has 0 bridgehead atoms. The molecule has 0 amide bonds. The molecule has 9 nitrogen and oxygen atoms in total. The quantitative estimate of drug-likeness (QED) is 0.274. The highest BCUT2D eigenvalue weighted by molar-refractivity contribution is 7.18. The van der Waals surface area contributed by atoms with Crippen molar-refractivity contribution in [1.29, 1.82) is 5.26 Å². The lowest BCUT2D eigenvalue weighted by atomic mass is 10.0. The summed E-state index contributed by atoms with van der Waals surface area (Å²) in [4.78, 5) is 38.5. The van der Waals surface area contributed by atoms with Crippen LogP contribution >= 0.6 is 22.9 Å². The fraction of sp³-hybridized carbons (Fsp3) is 0.214. The molecule has 4 aromatic heterocycles. The van der Waals surface area contributed by atoms with E-state index in [2.05, 4.69) is 15.0 Å². The summed E-state index contributed by atoms with van der Waals surface area (Å²) in [6.07, 6.45) is 2.00. The van der Waals surface area contributed by atoms with Crippen LogP contribution in [0.1, 0.15) is 40.1 Å². The molecule has 11 heteroatoms. The summed E-state index contributed by atoms with van der Waals surface area (Å²) in [5.74, 6) is -0.0319. The second kappa shape index (κ2) is 10.4. The zero-order chi connectivity index (χ0) is 27.8. The van der Waals surface area contributed by atoms with Crippen LogP contribution in [0.15, 0.2) is 40.6 Å². The monoisotopic (exact) mass is 559 g/mol. The molecule has 1 N–H and O–H groups in total. The molecule has 0 aliphatic heterocycles. The Hall–Kier alpha value is -4.33. The fourth-order valence-corrected chi connectivity index (χ4v) is 5.75. The number of hydrogen-bond acceptors (Lipinski definition) is 8. The number of fused-ring (bicyclic) bond motifs is 2. The average molecular weight is 560 g/mol. The lowest BCUT2D eigenvalue weighted by Crippen LogP contribution is -2.27. The Morgan fingerprint density at radius 1 is 1.21 bits per heavy atom. The van der Waals surface area contributed by atoms with Crippen molar-refractivity contribution in [3.05, 3.63) is 79.6 Å². The van der Waals surface area contributed by atoms with E-state index in [0.717, 1.165) is 5.56 Å². The number of benzene rings is 1. The smallest absolute Gasteiger partial charge is 0.338 e. The summed E-state index contributed by atoms with van der Waals surface area (Å²) < 4.78 is 8.36. The number of thiophene rings is 1. The van der Waals surface area contributed by atoms with Crippen LogP contribution in [0.25, 0.3) is 32.2 Å². The number of pyridine rings is 2. The second-order valence-corrected chi connectivity index (χ2v) is 10.2. The number of halogens is 1. The maximum Gasteiger partial charge on any atom is 0.338 e. The van der Waals surface area contributed by atoms with Gasteiger partial charge in [-0.15, -0.1) is 11.3 Å². The molecule has 0 aliphatic rings. The summed E-state index contributed by atoms with van der Waals surface area (Å²) in [6, 6.07) is 9.13. The maximum atomic E-state index is 13.4. The van der Waals surface area contributed by atoms with Gasteiger partial charge in [0.1, 0.15) is 29.8 Å². The second-order valence-electron chi connectivity index (χ2n) is 8.86. The van der Waals surface area contributed by atoms with Crippen molar-refractivity contribution in [2.24, 2.45) is 0 Å². The van der Waals surface area contributed by atoms with E-state index < -0.39 is 5.97 Å². The van der Waals surface area contributed by atoms with E-state index in [1.54, 1.807) is 37.4 Å². The van der Waals surface area contributed by atoms with Gasteiger partial charge in [0.05, 0.1) is 39.0 Å². The lowest BCUT2D eigenvalue weighted by Gasteiger charge is -2.16. The molecule has 0 spiro atoms. The van der Waals surface area contributed by atoms with E-state index >= 15 is 0 Å². The molecule has 0 atom stereocenters. The number of ether oxygens (including phenoxy) is 1. The van der Waals surface area contributed by atoms with Crippen LogP contribution in [0.3, 0.4) is 0 Å². The SMILES string of the molecule is CCc1ncc(C#N)c2c(=O)n(CCOc3ccc(Cl)cc3-c3cc(C)nc4c(C(=O)O)csc34)c(C)nc12. The first-order valence-electron chi connectivity index (χ1n) is 12.1. The highest BCUT2D eigenvalue weighted by atomic mass is 35.5. The van der Waals surface area contributed by atoms with Crippen LogP contribution in [0.2, 0.25) is 5.02 Å². The van der Waals surface area contributed by atoms with Gasteiger partial charge in [-0.25, -0.2) is 9.78 Å². The first-order valence-corrected chi connectivity index (χ1v) is 13.3. The molecule has 5 aromatic rings. The van der Waals surface area contributed by atoms with Crippen molar-refractivity contribution in [3.8, 4) is 22.9 Å². The van der Waals surface area contributed by atoms with E-state index in [1.807, 2.05) is 19.1 Å². The van der Waals surface area contributed by atoms with Crippen LogP contribution in [-0.2, 0) is 13.0 Å². The van der Waals surface area contributed by atoms with Crippen LogP contribution in [0.4, 0.5) is 0 Å². The number of carboxylic acids is 1. The summed E-state index contributed by atoms with van der Waals surface area (Å²) in [7, 11) is 0. The van der Waals surface area contributed by atoms with Gasteiger partial charge < -0.3 is 9.84 Å². The molecule has 0 unspecified atom stereocenters. The van der Waals surface area contributed by atoms with E-state index in [0.29, 0.717) is 55.7 Å². The molecule has 0 saturated heterocycles. The topological polar surface area (TPSA) is 131 Å². The highest BCUT2D eigenvalue weighted by Crippen LogP contribution is 2.40. The summed E-state index contributed by atoms with van der Waals surface area (Å²) in [5.41, 5.74) is 3.62.